The molecule has 0 aromatic carbocycles. The summed E-state index contributed by atoms with van der Waals surface area (Å²) in [6, 6.07) is 0. The minimum Gasteiger partial charge on any atom is -0.463 e. The molecule has 124 valence electrons. The number of allylic oxidation sites excluding steroid dienone is 1. The van der Waals surface area contributed by atoms with Gasteiger partial charge in [-0.1, -0.05) is 6.08 Å². The van der Waals surface area contributed by atoms with Crippen LogP contribution in [0.25, 0.3) is 0 Å². The molecule has 0 aromatic heterocycles. The van der Waals surface area contributed by atoms with Crippen molar-refractivity contribution in [1.29, 1.82) is 0 Å². The van der Waals surface area contributed by atoms with Crippen molar-refractivity contribution in [3.8, 4) is 0 Å². The van der Waals surface area contributed by atoms with Gasteiger partial charge in [0.15, 0.2) is 0 Å². The maximum atomic E-state index is 11.1. The third kappa shape index (κ3) is 9.00. The van der Waals surface area contributed by atoms with Crippen LogP contribution in [0, 0.1) is 0 Å². The number of carbonyl (C=O) groups excluding carboxylic acids is 1. The Hall–Kier alpha value is -0.733. The molecule has 0 heterocycles. The van der Waals surface area contributed by atoms with Crippen LogP contribution in [0.1, 0.15) is 40.5 Å². The Morgan fingerprint density at radius 1 is 1.24 bits per heavy atom. The zero-order chi connectivity index (χ0) is 16.1. The molecular formula is C14H28O6Si. The van der Waals surface area contributed by atoms with E-state index in [9.17, 15) is 4.79 Å². The van der Waals surface area contributed by atoms with Crippen LogP contribution in [-0.2, 0) is 27.2 Å². The zero-order valence-corrected chi connectivity index (χ0v) is 14.7. The molecule has 0 aromatic rings. The van der Waals surface area contributed by atoms with Crippen molar-refractivity contribution in [1.82, 2.24) is 0 Å². The Labute approximate surface area is 128 Å². The van der Waals surface area contributed by atoms with Crippen LogP contribution in [0.15, 0.2) is 12.2 Å². The molecule has 0 saturated carbocycles. The molecule has 0 N–H and O–H groups in total. The second-order valence-electron chi connectivity index (χ2n) is 4.31. The van der Waals surface area contributed by atoms with Crippen LogP contribution < -0.4 is 0 Å². The van der Waals surface area contributed by atoms with Crippen molar-refractivity contribution in [2.45, 2.75) is 46.6 Å². The van der Waals surface area contributed by atoms with E-state index in [4.69, 9.17) is 22.4 Å². The first-order valence-electron chi connectivity index (χ1n) is 7.33. The molecule has 7 heteroatoms. The molecule has 0 aliphatic rings. The average Bonchev–Trinajstić information content (AvgIpc) is 2.44. The van der Waals surface area contributed by atoms with Crippen LogP contribution in [0.4, 0.5) is 0 Å². The molecule has 1 atom stereocenters. The summed E-state index contributed by atoms with van der Waals surface area (Å²) < 4.78 is 27.3. The first-order chi connectivity index (χ1) is 10.0. The summed E-state index contributed by atoms with van der Waals surface area (Å²) in [6.45, 7) is 8.73. The van der Waals surface area contributed by atoms with Crippen molar-refractivity contribution in [3.05, 3.63) is 12.2 Å². The van der Waals surface area contributed by atoms with Gasteiger partial charge in [0.2, 0.25) is 0 Å². The molecular weight excluding hydrogens is 292 g/mol. The summed E-state index contributed by atoms with van der Waals surface area (Å²) in [5, 5.41) is 0. The van der Waals surface area contributed by atoms with Gasteiger partial charge in [-0.05, 0) is 40.5 Å². The lowest BCUT2D eigenvalue weighted by atomic mass is 10.2. The first kappa shape index (κ1) is 20.3. The predicted octanol–water partition coefficient (Wildman–Crippen LogP) is 2.45. The first-order valence-corrected chi connectivity index (χ1v) is 8.97. The van der Waals surface area contributed by atoms with Gasteiger partial charge in [0.25, 0.3) is 0 Å². The van der Waals surface area contributed by atoms with Crippen LogP contribution in [0.2, 0.25) is 0 Å². The van der Waals surface area contributed by atoms with Crippen LogP contribution in [0.5, 0.6) is 0 Å². The van der Waals surface area contributed by atoms with Crippen molar-refractivity contribution in [2.24, 2.45) is 0 Å². The fourth-order valence-electron chi connectivity index (χ4n) is 1.66. The Bertz CT molecular complexity index is 302. The molecule has 0 aliphatic heterocycles. The van der Waals surface area contributed by atoms with Crippen molar-refractivity contribution in [2.75, 3.05) is 26.9 Å². The minimum atomic E-state index is -3.05. The maximum absolute atomic E-state index is 11.1. The summed E-state index contributed by atoms with van der Waals surface area (Å²) in [6.07, 6.45) is 4.37. The van der Waals surface area contributed by atoms with E-state index in [-0.39, 0.29) is 12.1 Å². The van der Waals surface area contributed by atoms with Gasteiger partial charge in [-0.3, -0.25) is 0 Å². The number of ether oxygens (including phenoxy) is 1. The van der Waals surface area contributed by atoms with E-state index in [1.54, 1.807) is 13.0 Å². The molecule has 0 fully saturated rings. The molecule has 0 saturated heterocycles. The van der Waals surface area contributed by atoms with Gasteiger partial charge < -0.3 is 22.4 Å². The Balaban J connectivity index is 4.13. The smallest absolute Gasteiger partial charge is 0.463 e. The highest BCUT2D eigenvalue weighted by Crippen LogP contribution is 2.16. The van der Waals surface area contributed by atoms with Gasteiger partial charge in [0.05, 0.1) is 6.61 Å². The number of esters is 1. The number of rotatable bonds is 12. The number of hydrogen-bond acceptors (Lipinski definition) is 6. The van der Waals surface area contributed by atoms with Crippen LogP contribution >= 0.6 is 0 Å². The third-order valence-corrected chi connectivity index (χ3v) is 5.02. The summed E-state index contributed by atoms with van der Waals surface area (Å²) >= 11 is 0. The van der Waals surface area contributed by atoms with Crippen molar-refractivity contribution < 1.29 is 27.2 Å². The van der Waals surface area contributed by atoms with E-state index < -0.39 is 9.05 Å². The van der Waals surface area contributed by atoms with E-state index in [0.717, 1.165) is 6.42 Å². The molecule has 1 unspecified atom stereocenters. The second-order valence-corrected chi connectivity index (χ2v) is 6.53. The summed E-state index contributed by atoms with van der Waals surface area (Å²) in [4.78, 5) is 11.1. The fourth-order valence-corrected chi connectivity index (χ4v) is 3.53. The van der Waals surface area contributed by atoms with Gasteiger partial charge >= 0.3 is 15.0 Å². The van der Waals surface area contributed by atoms with E-state index >= 15 is 0 Å². The van der Waals surface area contributed by atoms with Gasteiger partial charge in [0.1, 0.15) is 0 Å². The standard InChI is InChI=1S/C14H28O6Si/c1-6-10-14(15)17-12-9-11-13(4)20-21(16-5,18-7-2)19-8-3/h6,10,13H,7-9,11-12H2,1-5H3. The van der Waals surface area contributed by atoms with Crippen molar-refractivity contribution in [3.63, 3.8) is 0 Å². The Morgan fingerprint density at radius 2 is 1.86 bits per heavy atom. The predicted molar refractivity (Wildman–Crippen MR) is 81.6 cm³/mol. The third-order valence-electron chi connectivity index (χ3n) is 2.54. The van der Waals surface area contributed by atoms with Crippen LogP contribution in [0.3, 0.4) is 0 Å². The largest absolute Gasteiger partial charge is 0.679 e. The van der Waals surface area contributed by atoms with E-state index in [0.29, 0.717) is 26.2 Å². The van der Waals surface area contributed by atoms with Gasteiger partial charge in [0, 0.05) is 32.5 Å². The lowest BCUT2D eigenvalue weighted by Gasteiger charge is -2.28. The van der Waals surface area contributed by atoms with Crippen molar-refractivity contribution >= 4 is 15.0 Å². The molecule has 0 radical (unpaired) electrons. The zero-order valence-electron chi connectivity index (χ0n) is 13.7. The number of carbonyl (C=O) groups is 1. The van der Waals surface area contributed by atoms with E-state index in [2.05, 4.69) is 0 Å². The topological polar surface area (TPSA) is 63.2 Å². The van der Waals surface area contributed by atoms with E-state index in [1.165, 1.54) is 13.2 Å². The molecule has 0 rings (SSSR count). The van der Waals surface area contributed by atoms with E-state index in [1.807, 2.05) is 20.8 Å². The normalized spacial score (nSPS) is 13.6. The molecule has 0 spiro atoms. The Morgan fingerprint density at radius 3 is 2.33 bits per heavy atom. The second kappa shape index (κ2) is 11.9. The van der Waals surface area contributed by atoms with Gasteiger partial charge in [-0.25, -0.2) is 4.79 Å². The fraction of sp³-hybridized carbons (Fsp3) is 0.786. The van der Waals surface area contributed by atoms with Gasteiger partial charge in [-0.2, -0.15) is 0 Å². The maximum Gasteiger partial charge on any atom is 0.679 e. The molecule has 21 heavy (non-hydrogen) atoms. The SMILES string of the molecule is CC=CC(=O)OCCCC(C)O[Si](OC)(OCC)OCC. The number of hydrogen-bond donors (Lipinski definition) is 0. The molecule has 0 aliphatic carbocycles. The summed E-state index contributed by atoms with van der Waals surface area (Å²) in [7, 11) is -1.52. The highest BCUT2D eigenvalue weighted by molar-refractivity contribution is 6.53. The lowest BCUT2D eigenvalue weighted by Crippen LogP contribution is -2.50. The highest BCUT2D eigenvalue weighted by atomic mass is 28.4. The lowest BCUT2D eigenvalue weighted by molar-refractivity contribution is -0.138. The summed E-state index contributed by atoms with van der Waals surface area (Å²) in [5.41, 5.74) is 0. The minimum absolute atomic E-state index is 0.102. The average molecular weight is 320 g/mol. The molecule has 0 amide bonds. The molecule has 0 bridgehead atoms. The van der Waals surface area contributed by atoms with Crippen LogP contribution in [-0.4, -0.2) is 48.1 Å². The Kier molecular flexibility index (Phi) is 11.5. The summed E-state index contributed by atoms with van der Waals surface area (Å²) in [5.74, 6) is -0.324. The highest BCUT2D eigenvalue weighted by Gasteiger charge is 2.45. The monoisotopic (exact) mass is 320 g/mol. The van der Waals surface area contributed by atoms with Gasteiger partial charge in [-0.15, -0.1) is 0 Å². The quantitative estimate of drug-likeness (QED) is 0.238. The molecule has 6 nitrogen and oxygen atoms in total.